The van der Waals surface area contributed by atoms with Crippen LogP contribution in [0.4, 0.5) is 5.69 Å². The third kappa shape index (κ3) is 3.91. The van der Waals surface area contributed by atoms with Crippen LogP contribution < -0.4 is 4.72 Å². The smallest absolute Gasteiger partial charge is 0.318 e. The zero-order chi connectivity index (χ0) is 14.6. The summed E-state index contributed by atoms with van der Waals surface area (Å²) in [5.74, 6) is -1.35. The quantitative estimate of drug-likeness (QED) is 0.449. The predicted molar refractivity (Wildman–Crippen MR) is 67.7 cm³/mol. The van der Waals surface area contributed by atoms with Crippen LogP contribution in [0, 0.1) is 10.1 Å². The van der Waals surface area contributed by atoms with Crippen LogP contribution in [0.3, 0.4) is 0 Å². The zero-order valence-corrected chi connectivity index (χ0v) is 11.3. The average Bonchev–Trinajstić information content (AvgIpc) is 2.35. The van der Waals surface area contributed by atoms with Crippen molar-refractivity contribution < 1.29 is 23.2 Å². The second-order valence-electron chi connectivity index (χ2n) is 3.31. The van der Waals surface area contributed by atoms with Crippen molar-refractivity contribution in [2.75, 3.05) is 12.8 Å². The maximum Gasteiger partial charge on any atom is 0.318 e. The highest BCUT2D eigenvalue weighted by Gasteiger charge is 2.21. The Balaban J connectivity index is 3.18. The van der Waals surface area contributed by atoms with Crippen LogP contribution in [0.1, 0.15) is 0 Å². The number of nitro benzene ring substituents is 1. The van der Waals surface area contributed by atoms with Crippen molar-refractivity contribution >= 4 is 33.4 Å². The Labute approximate surface area is 113 Å². The summed E-state index contributed by atoms with van der Waals surface area (Å²) in [6, 6.07) is 3.39. The van der Waals surface area contributed by atoms with Gasteiger partial charge < -0.3 is 5.11 Å². The summed E-state index contributed by atoms with van der Waals surface area (Å²) in [5.41, 5.74) is -0.342. The van der Waals surface area contributed by atoms with Crippen LogP contribution in [0.5, 0.6) is 0 Å². The Morgan fingerprint density at radius 1 is 1.53 bits per heavy atom. The van der Waals surface area contributed by atoms with Gasteiger partial charge in [0.2, 0.25) is 10.0 Å². The van der Waals surface area contributed by atoms with E-state index in [0.717, 1.165) is 17.8 Å². The van der Waals surface area contributed by atoms with Crippen molar-refractivity contribution in [3.8, 4) is 0 Å². The molecule has 0 fully saturated rings. The Bertz CT molecular complexity index is 613. The lowest BCUT2D eigenvalue weighted by atomic mass is 10.3. The fraction of sp³-hybridized carbons (Fsp3) is 0.222. The van der Waals surface area contributed by atoms with E-state index < -0.39 is 27.5 Å². The summed E-state index contributed by atoms with van der Waals surface area (Å²) >= 11 is 1.11. The van der Waals surface area contributed by atoms with E-state index in [0.29, 0.717) is 4.90 Å². The summed E-state index contributed by atoms with van der Waals surface area (Å²) in [6.45, 7) is -0.791. The molecule has 0 amide bonds. The number of carboxylic acids is 1. The second kappa shape index (κ2) is 5.99. The van der Waals surface area contributed by atoms with E-state index in [9.17, 15) is 23.3 Å². The third-order valence-electron chi connectivity index (χ3n) is 2.07. The molecule has 1 aromatic rings. The molecule has 10 heteroatoms. The lowest BCUT2D eigenvalue weighted by Gasteiger charge is -2.06. The molecule has 19 heavy (non-hydrogen) atoms. The van der Waals surface area contributed by atoms with Gasteiger partial charge in [-0.15, -0.1) is 11.8 Å². The number of nitrogens with zero attached hydrogens (tertiary/aromatic N) is 1. The minimum Gasteiger partial charge on any atom is -0.480 e. The first-order valence-electron chi connectivity index (χ1n) is 4.82. The fourth-order valence-corrected chi connectivity index (χ4v) is 2.76. The Hall–Kier alpha value is -1.65. The first kappa shape index (κ1) is 15.4. The molecule has 0 heterocycles. The summed E-state index contributed by atoms with van der Waals surface area (Å²) in [6.07, 6.45) is 1.62. The standard InChI is InChI=1S/C9H10N2O6S2/c1-18-8-3-2-6(4-7(8)11(14)15)19(16,17)10-5-9(12)13/h2-4,10H,5H2,1H3,(H,12,13). The molecule has 0 unspecified atom stereocenters. The monoisotopic (exact) mass is 306 g/mol. The second-order valence-corrected chi connectivity index (χ2v) is 5.92. The van der Waals surface area contributed by atoms with Crippen LogP contribution in [0.15, 0.2) is 28.0 Å². The van der Waals surface area contributed by atoms with Crippen LogP contribution in [-0.2, 0) is 14.8 Å². The van der Waals surface area contributed by atoms with Gasteiger partial charge in [-0.1, -0.05) is 0 Å². The first-order valence-corrected chi connectivity index (χ1v) is 7.52. The van der Waals surface area contributed by atoms with Crippen molar-refractivity contribution in [1.29, 1.82) is 0 Å². The van der Waals surface area contributed by atoms with Crippen molar-refractivity contribution in [2.24, 2.45) is 0 Å². The minimum absolute atomic E-state index is 0.321. The molecular formula is C9H10N2O6S2. The number of aliphatic carboxylic acids is 1. The molecule has 0 atom stereocenters. The van der Waals surface area contributed by atoms with E-state index in [4.69, 9.17) is 5.11 Å². The lowest BCUT2D eigenvalue weighted by molar-refractivity contribution is -0.387. The number of thioether (sulfide) groups is 1. The molecule has 0 saturated carbocycles. The van der Waals surface area contributed by atoms with E-state index in [2.05, 4.69) is 0 Å². The SMILES string of the molecule is CSc1ccc(S(=O)(=O)NCC(=O)O)cc1[N+](=O)[O-]. The Morgan fingerprint density at radius 2 is 2.16 bits per heavy atom. The topological polar surface area (TPSA) is 127 Å². The number of rotatable bonds is 6. The van der Waals surface area contributed by atoms with E-state index in [1.54, 1.807) is 6.26 Å². The maximum absolute atomic E-state index is 11.7. The molecule has 0 saturated heterocycles. The Kier molecular flexibility index (Phi) is 4.86. The lowest BCUT2D eigenvalue weighted by Crippen LogP contribution is -2.29. The van der Waals surface area contributed by atoms with Gasteiger partial charge in [0.05, 0.1) is 14.7 Å². The molecule has 0 aliphatic carbocycles. The number of carboxylic acid groups (broad SMARTS) is 1. The highest BCUT2D eigenvalue weighted by atomic mass is 32.2. The van der Waals surface area contributed by atoms with Gasteiger partial charge in [-0.3, -0.25) is 14.9 Å². The normalized spacial score (nSPS) is 11.2. The number of hydrogen-bond donors (Lipinski definition) is 2. The number of nitrogens with one attached hydrogen (secondary N) is 1. The molecule has 1 aromatic carbocycles. The molecule has 0 bridgehead atoms. The molecule has 0 spiro atoms. The highest BCUT2D eigenvalue weighted by molar-refractivity contribution is 7.98. The van der Waals surface area contributed by atoms with Gasteiger partial charge >= 0.3 is 5.97 Å². The van der Waals surface area contributed by atoms with Crippen LogP contribution in [-0.4, -0.2) is 37.2 Å². The van der Waals surface area contributed by atoms with Crippen molar-refractivity contribution in [3.63, 3.8) is 0 Å². The summed E-state index contributed by atoms with van der Waals surface area (Å²) in [7, 11) is -4.08. The molecular weight excluding hydrogens is 296 g/mol. The third-order valence-corrected chi connectivity index (χ3v) is 4.25. The van der Waals surface area contributed by atoms with E-state index in [1.807, 2.05) is 4.72 Å². The van der Waals surface area contributed by atoms with Crippen LogP contribution in [0.2, 0.25) is 0 Å². The van der Waals surface area contributed by atoms with Crippen molar-refractivity contribution in [3.05, 3.63) is 28.3 Å². The van der Waals surface area contributed by atoms with Gasteiger partial charge in [0.1, 0.15) is 6.54 Å². The summed E-state index contributed by atoms with van der Waals surface area (Å²) in [5, 5.41) is 19.2. The number of carbonyl (C=O) groups is 1. The van der Waals surface area contributed by atoms with E-state index in [1.165, 1.54) is 12.1 Å². The number of hydrogen-bond acceptors (Lipinski definition) is 6. The van der Waals surface area contributed by atoms with Crippen molar-refractivity contribution in [1.82, 2.24) is 4.72 Å². The number of sulfonamides is 1. The summed E-state index contributed by atoms with van der Waals surface area (Å²) < 4.78 is 25.2. The molecule has 0 radical (unpaired) electrons. The van der Waals surface area contributed by atoms with E-state index >= 15 is 0 Å². The maximum atomic E-state index is 11.7. The minimum atomic E-state index is -4.08. The van der Waals surface area contributed by atoms with Crippen LogP contribution in [0.25, 0.3) is 0 Å². The molecule has 0 aromatic heterocycles. The number of nitro groups is 1. The van der Waals surface area contributed by atoms with Gasteiger partial charge in [-0.2, -0.15) is 4.72 Å². The summed E-state index contributed by atoms with van der Waals surface area (Å²) in [4.78, 5) is 20.4. The molecule has 0 aliphatic rings. The molecule has 8 nitrogen and oxygen atoms in total. The van der Waals surface area contributed by atoms with Gasteiger partial charge in [0, 0.05) is 6.07 Å². The highest BCUT2D eigenvalue weighted by Crippen LogP contribution is 2.29. The van der Waals surface area contributed by atoms with E-state index in [-0.39, 0.29) is 10.6 Å². The molecule has 1 rings (SSSR count). The van der Waals surface area contributed by atoms with Gasteiger partial charge in [-0.25, -0.2) is 8.42 Å². The molecule has 2 N–H and O–H groups in total. The zero-order valence-electron chi connectivity index (χ0n) is 9.69. The van der Waals surface area contributed by atoms with Gasteiger partial charge in [0.25, 0.3) is 5.69 Å². The fourth-order valence-electron chi connectivity index (χ4n) is 1.22. The largest absolute Gasteiger partial charge is 0.480 e. The van der Waals surface area contributed by atoms with Crippen LogP contribution >= 0.6 is 11.8 Å². The van der Waals surface area contributed by atoms with Gasteiger partial charge in [0.15, 0.2) is 0 Å². The first-order chi connectivity index (χ1) is 8.77. The Morgan fingerprint density at radius 3 is 2.63 bits per heavy atom. The molecule has 104 valence electrons. The predicted octanol–water partition coefficient (Wildman–Crippen LogP) is 0.680. The molecule has 0 aliphatic heterocycles. The number of benzene rings is 1. The van der Waals surface area contributed by atoms with Crippen molar-refractivity contribution in [2.45, 2.75) is 9.79 Å². The van der Waals surface area contributed by atoms with Gasteiger partial charge in [-0.05, 0) is 18.4 Å². The average molecular weight is 306 g/mol.